The van der Waals surface area contributed by atoms with Gasteiger partial charge in [-0.1, -0.05) is 43.0 Å². The molecule has 0 radical (unpaired) electrons. The van der Waals surface area contributed by atoms with E-state index in [-0.39, 0.29) is 22.0 Å². The normalized spacial score (nSPS) is 15.2. The number of aromatic nitrogens is 3. The maximum Gasteiger partial charge on any atom is 0.319 e. The summed E-state index contributed by atoms with van der Waals surface area (Å²) in [5.41, 5.74) is 1.96. The van der Waals surface area contributed by atoms with Gasteiger partial charge in [-0.3, -0.25) is 4.98 Å². The van der Waals surface area contributed by atoms with Crippen LogP contribution in [0.15, 0.2) is 35.5 Å². The molecule has 164 valence electrons. The molecule has 0 amide bonds. The molecule has 1 saturated carbocycles. The van der Waals surface area contributed by atoms with Gasteiger partial charge in [-0.15, -0.1) is 0 Å². The van der Waals surface area contributed by atoms with Crippen molar-refractivity contribution in [1.82, 2.24) is 19.7 Å². The average Bonchev–Trinajstić information content (AvgIpc) is 2.78. The SMILES string of the molecule is COc1ncc(-c2ccc3c(Cl)c(S(=O)(=O)NC4CCCCC4)cnc3c2)c(OC)n1. The van der Waals surface area contributed by atoms with Crippen molar-refractivity contribution in [3.05, 3.63) is 35.6 Å². The number of pyridine rings is 1. The number of rotatable bonds is 6. The number of sulfonamides is 1. The smallest absolute Gasteiger partial charge is 0.319 e. The average molecular weight is 463 g/mol. The maximum atomic E-state index is 12.9. The van der Waals surface area contributed by atoms with Gasteiger partial charge in [0.25, 0.3) is 0 Å². The van der Waals surface area contributed by atoms with Crippen LogP contribution in [0.3, 0.4) is 0 Å². The summed E-state index contributed by atoms with van der Waals surface area (Å²) in [6, 6.07) is 5.47. The number of halogens is 1. The van der Waals surface area contributed by atoms with Gasteiger partial charge in [-0.25, -0.2) is 18.1 Å². The fraction of sp³-hybridized carbons (Fsp3) is 0.381. The molecule has 0 saturated heterocycles. The molecule has 1 N–H and O–H groups in total. The van der Waals surface area contributed by atoms with E-state index in [1.807, 2.05) is 0 Å². The Morgan fingerprint density at radius 2 is 1.84 bits per heavy atom. The molecule has 8 nitrogen and oxygen atoms in total. The van der Waals surface area contributed by atoms with Crippen molar-refractivity contribution in [2.75, 3.05) is 14.2 Å². The molecular weight excluding hydrogens is 440 g/mol. The van der Waals surface area contributed by atoms with Crippen LogP contribution < -0.4 is 14.2 Å². The van der Waals surface area contributed by atoms with Crippen LogP contribution in [0.5, 0.6) is 11.9 Å². The third kappa shape index (κ3) is 4.44. The minimum atomic E-state index is -3.76. The van der Waals surface area contributed by atoms with Crippen LogP contribution in [0.4, 0.5) is 0 Å². The maximum absolute atomic E-state index is 12.9. The Morgan fingerprint density at radius 1 is 1.06 bits per heavy atom. The Morgan fingerprint density at radius 3 is 2.55 bits per heavy atom. The van der Waals surface area contributed by atoms with Crippen LogP contribution in [0, 0.1) is 0 Å². The summed E-state index contributed by atoms with van der Waals surface area (Å²) < 4.78 is 39.0. The Hall–Kier alpha value is -2.49. The van der Waals surface area contributed by atoms with Crippen molar-refractivity contribution >= 4 is 32.5 Å². The molecular formula is C21H23ClN4O4S. The highest BCUT2D eigenvalue weighted by Gasteiger charge is 2.25. The Kier molecular flexibility index (Phi) is 6.27. The summed E-state index contributed by atoms with van der Waals surface area (Å²) in [6.07, 6.45) is 7.78. The second-order valence-electron chi connectivity index (χ2n) is 7.40. The number of ether oxygens (including phenoxy) is 2. The zero-order chi connectivity index (χ0) is 22.0. The molecule has 10 heteroatoms. The predicted octanol–water partition coefficient (Wildman–Crippen LogP) is 3.97. The number of hydrogen-bond donors (Lipinski definition) is 1. The summed E-state index contributed by atoms with van der Waals surface area (Å²) in [7, 11) is -0.772. The monoisotopic (exact) mass is 462 g/mol. The molecule has 1 aromatic carbocycles. The Labute approximate surface area is 186 Å². The molecule has 1 fully saturated rings. The quantitative estimate of drug-likeness (QED) is 0.591. The fourth-order valence-electron chi connectivity index (χ4n) is 3.80. The first-order valence-electron chi connectivity index (χ1n) is 9.99. The Bertz CT molecular complexity index is 1210. The van der Waals surface area contributed by atoms with E-state index in [9.17, 15) is 8.42 Å². The van der Waals surface area contributed by atoms with E-state index >= 15 is 0 Å². The van der Waals surface area contributed by atoms with Gasteiger partial charge in [0.05, 0.1) is 30.3 Å². The number of nitrogens with one attached hydrogen (secondary N) is 1. The molecule has 4 rings (SSSR count). The lowest BCUT2D eigenvalue weighted by Crippen LogP contribution is -2.36. The van der Waals surface area contributed by atoms with Crippen LogP contribution in [-0.2, 0) is 10.0 Å². The number of hydrogen-bond acceptors (Lipinski definition) is 7. The molecule has 0 atom stereocenters. The summed E-state index contributed by atoms with van der Waals surface area (Å²) >= 11 is 6.52. The van der Waals surface area contributed by atoms with Crippen LogP contribution in [0.1, 0.15) is 32.1 Å². The van der Waals surface area contributed by atoms with Crippen LogP contribution in [0.25, 0.3) is 22.0 Å². The molecule has 1 aliphatic rings. The molecule has 0 unspecified atom stereocenters. The predicted molar refractivity (Wildman–Crippen MR) is 118 cm³/mol. The number of fused-ring (bicyclic) bond motifs is 1. The number of methoxy groups -OCH3 is 2. The zero-order valence-corrected chi connectivity index (χ0v) is 18.8. The summed E-state index contributed by atoms with van der Waals surface area (Å²) in [4.78, 5) is 12.7. The van der Waals surface area contributed by atoms with E-state index in [2.05, 4.69) is 19.7 Å². The molecule has 0 spiro atoms. The third-order valence-corrected chi connectivity index (χ3v) is 7.46. The van der Waals surface area contributed by atoms with Gasteiger partial charge in [-0.2, -0.15) is 4.98 Å². The molecule has 3 aromatic rings. The van der Waals surface area contributed by atoms with Crippen molar-refractivity contribution in [2.24, 2.45) is 0 Å². The summed E-state index contributed by atoms with van der Waals surface area (Å²) in [5.74, 6) is 0.355. The minimum absolute atomic E-state index is 0.00893. The Balaban J connectivity index is 1.70. The zero-order valence-electron chi connectivity index (χ0n) is 17.3. The van der Waals surface area contributed by atoms with Gasteiger partial charge in [0.1, 0.15) is 4.90 Å². The van der Waals surface area contributed by atoms with Gasteiger partial charge in [0.15, 0.2) is 0 Å². The van der Waals surface area contributed by atoms with Gasteiger partial charge in [0, 0.05) is 23.8 Å². The first-order chi connectivity index (χ1) is 14.9. The summed E-state index contributed by atoms with van der Waals surface area (Å²) in [5, 5.41) is 0.697. The lowest BCUT2D eigenvalue weighted by atomic mass is 9.96. The lowest BCUT2D eigenvalue weighted by Gasteiger charge is -2.22. The van der Waals surface area contributed by atoms with Crippen molar-refractivity contribution < 1.29 is 17.9 Å². The van der Waals surface area contributed by atoms with E-state index in [0.29, 0.717) is 22.3 Å². The van der Waals surface area contributed by atoms with Gasteiger partial charge in [0.2, 0.25) is 15.9 Å². The van der Waals surface area contributed by atoms with Gasteiger partial charge < -0.3 is 9.47 Å². The lowest BCUT2D eigenvalue weighted by molar-refractivity contribution is 0.353. The fourth-order valence-corrected chi connectivity index (χ4v) is 5.65. The molecule has 2 aromatic heterocycles. The number of nitrogens with zero attached hydrogens (tertiary/aromatic N) is 3. The molecule has 1 aliphatic carbocycles. The first kappa shape index (κ1) is 21.7. The van der Waals surface area contributed by atoms with Crippen LogP contribution in [-0.4, -0.2) is 43.6 Å². The van der Waals surface area contributed by atoms with E-state index in [4.69, 9.17) is 21.1 Å². The van der Waals surface area contributed by atoms with Crippen LogP contribution >= 0.6 is 11.6 Å². The highest BCUT2D eigenvalue weighted by molar-refractivity contribution is 7.89. The van der Waals surface area contributed by atoms with Gasteiger partial charge in [-0.05, 0) is 24.5 Å². The largest absolute Gasteiger partial charge is 0.480 e. The van der Waals surface area contributed by atoms with E-state index in [1.165, 1.54) is 20.4 Å². The highest BCUT2D eigenvalue weighted by atomic mass is 35.5. The van der Waals surface area contributed by atoms with Crippen molar-refractivity contribution in [2.45, 2.75) is 43.0 Å². The molecule has 0 aliphatic heterocycles. The van der Waals surface area contributed by atoms with E-state index in [1.54, 1.807) is 24.4 Å². The molecule has 31 heavy (non-hydrogen) atoms. The van der Waals surface area contributed by atoms with Gasteiger partial charge >= 0.3 is 6.01 Å². The van der Waals surface area contributed by atoms with E-state index < -0.39 is 10.0 Å². The molecule has 0 bridgehead atoms. The molecule has 2 heterocycles. The van der Waals surface area contributed by atoms with E-state index in [0.717, 1.165) is 37.7 Å². The highest BCUT2D eigenvalue weighted by Crippen LogP contribution is 2.34. The summed E-state index contributed by atoms with van der Waals surface area (Å²) in [6.45, 7) is 0. The van der Waals surface area contributed by atoms with Crippen molar-refractivity contribution in [3.8, 4) is 23.0 Å². The minimum Gasteiger partial charge on any atom is -0.480 e. The standard InChI is InChI=1S/C21H23ClN4O4S/c1-29-20-16(11-24-21(25-20)30-2)13-8-9-15-17(10-13)23-12-18(19(15)22)31(27,28)26-14-6-4-3-5-7-14/h8-12,14,26H,3-7H2,1-2H3. The van der Waals surface area contributed by atoms with Crippen LogP contribution in [0.2, 0.25) is 5.02 Å². The second-order valence-corrected chi connectivity index (χ2v) is 9.46. The number of benzene rings is 1. The van der Waals surface area contributed by atoms with Crippen molar-refractivity contribution in [3.63, 3.8) is 0 Å². The topological polar surface area (TPSA) is 103 Å². The second kappa shape index (κ2) is 8.94. The third-order valence-electron chi connectivity index (χ3n) is 5.41. The van der Waals surface area contributed by atoms with Crippen molar-refractivity contribution in [1.29, 1.82) is 0 Å². The first-order valence-corrected chi connectivity index (χ1v) is 11.8.